The number of carbonyl (C=O) groups is 4. The molecule has 7 nitrogen and oxygen atoms in total. The smallest absolute Gasteiger partial charge is 0.257 e. The van der Waals surface area contributed by atoms with Gasteiger partial charge in [0.05, 0.1) is 22.9 Å². The average molecular weight is 562 g/mol. The number of carbonyl (C=O) groups excluding carboxylic acids is 4. The molecule has 0 unspecified atom stereocenters. The van der Waals surface area contributed by atoms with Crippen molar-refractivity contribution in [2.75, 3.05) is 5.32 Å². The second-order valence-corrected chi connectivity index (χ2v) is 10.4. The highest BCUT2D eigenvalue weighted by atomic mass is 35.5. The molecule has 176 valence electrons. The zero-order valence-corrected chi connectivity index (χ0v) is 20.7. The van der Waals surface area contributed by atoms with Crippen molar-refractivity contribution >= 4 is 87.2 Å². The van der Waals surface area contributed by atoms with Gasteiger partial charge in [-0.1, -0.05) is 34.8 Å². The summed E-state index contributed by atoms with van der Waals surface area (Å²) < 4.78 is -1.37. The zero-order valence-electron chi connectivity index (χ0n) is 16.9. The first-order chi connectivity index (χ1) is 16.0. The maximum absolute atomic E-state index is 12.9. The molecular formula is C22H14Cl5N3O4. The summed E-state index contributed by atoms with van der Waals surface area (Å²) in [5.41, 5.74) is 0.805. The number of nitrogens with one attached hydrogen (secondary N) is 3. The summed E-state index contributed by atoms with van der Waals surface area (Å²) in [5.74, 6) is -3.53. The van der Waals surface area contributed by atoms with Gasteiger partial charge in [-0.3, -0.25) is 19.2 Å². The lowest BCUT2D eigenvalue weighted by Gasteiger charge is -2.14. The van der Waals surface area contributed by atoms with Crippen LogP contribution in [0.15, 0.2) is 48.3 Å². The third kappa shape index (κ3) is 5.04. The minimum absolute atomic E-state index is 0.00190. The van der Waals surface area contributed by atoms with Crippen LogP contribution in [-0.2, 0) is 14.4 Å². The first kappa shape index (κ1) is 24.8. The van der Waals surface area contributed by atoms with Crippen LogP contribution in [0, 0.1) is 5.92 Å². The first-order valence-electron chi connectivity index (χ1n) is 9.75. The van der Waals surface area contributed by atoms with Gasteiger partial charge in [-0.15, -0.1) is 23.2 Å². The standard InChI is InChI=1S/C22H14Cl5N3O4/c23-10-3-9(4-11(24)5-10)18-19(22(18,26)27)21(34)29-12-1-2-14(25)13(6-12)20(33)30-15-8-28-17(32)7-16(15)31/h1-6,8,18-19H,7H2,(H,28,32)(H,29,34)(H,30,33)/t18-,19+/m0/s1. The molecule has 2 atom stereocenters. The molecular weight excluding hydrogens is 548 g/mol. The van der Waals surface area contributed by atoms with Crippen molar-refractivity contribution in [3.63, 3.8) is 0 Å². The molecule has 1 fully saturated rings. The third-order valence-corrected chi connectivity index (χ3v) is 7.01. The van der Waals surface area contributed by atoms with Crippen LogP contribution >= 0.6 is 58.0 Å². The van der Waals surface area contributed by atoms with Gasteiger partial charge in [0.1, 0.15) is 10.0 Å². The van der Waals surface area contributed by atoms with Crippen LogP contribution in [-0.4, -0.2) is 27.8 Å². The Hall–Kier alpha value is -2.29. The molecule has 12 heteroatoms. The highest BCUT2D eigenvalue weighted by Gasteiger charge is 2.67. The molecule has 34 heavy (non-hydrogen) atoms. The number of benzene rings is 2. The number of Topliss-reactive ketones (excluding diaryl/α,β-unsaturated/α-hetero) is 1. The maximum atomic E-state index is 12.9. The minimum atomic E-state index is -1.37. The van der Waals surface area contributed by atoms with Crippen LogP contribution < -0.4 is 16.0 Å². The molecule has 0 saturated heterocycles. The Labute approximate surface area is 218 Å². The number of anilines is 1. The van der Waals surface area contributed by atoms with E-state index in [2.05, 4.69) is 16.0 Å². The largest absolute Gasteiger partial charge is 0.330 e. The Morgan fingerprint density at radius 1 is 0.971 bits per heavy atom. The molecule has 1 aliphatic carbocycles. The van der Waals surface area contributed by atoms with E-state index in [1.54, 1.807) is 18.2 Å². The van der Waals surface area contributed by atoms with E-state index in [0.29, 0.717) is 15.6 Å². The molecule has 2 aromatic carbocycles. The fourth-order valence-corrected chi connectivity index (χ4v) is 5.21. The van der Waals surface area contributed by atoms with E-state index in [1.165, 1.54) is 18.2 Å². The van der Waals surface area contributed by atoms with E-state index in [4.69, 9.17) is 58.0 Å². The molecule has 0 aromatic heterocycles. The number of ketones is 1. The summed E-state index contributed by atoms with van der Waals surface area (Å²) in [6.45, 7) is 0. The first-order valence-corrected chi connectivity index (χ1v) is 11.6. The Bertz CT molecular complexity index is 1260. The van der Waals surface area contributed by atoms with Gasteiger partial charge in [-0.2, -0.15) is 0 Å². The molecule has 1 aliphatic heterocycles. The number of hydrogen-bond acceptors (Lipinski definition) is 4. The molecule has 3 N–H and O–H groups in total. The van der Waals surface area contributed by atoms with Crippen molar-refractivity contribution in [2.24, 2.45) is 5.92 Å². The Kier molecular flexibility index (Phi) is 6.86. The fourth-order valence-electron chi connectivity index (χ4n) is 3.64. The van der Waals surface area contributed by atoms with Crippen LogP contribution in [0.4, 0.5) is 5.69 Å². The number of alkyl halides is 2. The lowest BCUT2D eigenvalue weighted by Crippen LogP contribution is -2.36. The van der Waals surface area contributed by atoms with Crippen LogP contribution in [0.3, 0.4) is 0 Å². The van der Waals surface area contributed by atoms with E-state index in [0.717, 1.165) is 6.20 Å². The second kappa shape index (κ2) is 9.40. The molecule has 2 aliphatic rings. The Morgan fingerprint density at radius 2 is 1.65 bits per heavy atom. The maximum Gasteiger partial charge on any atom is 0.257 e. The average Bonchev–Trinajstić information content (AvgIpc) is 3.33. The molecule has 0 spiro atoms. The van der Waals surface area contributed by atoms with E-state index in [-0.39, 0.29) is 28.4 Å². The second-order valence-electron chi connectivity index (χ2n) is 7.70. The number of allylic oxidation sites excluding steroid dienone is 1. The number of halogens is 5. The van der Waals surface area contributed by atoms with Crippen molar-refractivity contribution < 1.29 is 19.2 Å². The number of rotatable bonds is 5. The van der Waals surface area contributed by atoms with Crippen LogP contribution in [0.5, 0.6) is 0 Å². The van der Waals surface area contributed by atoms with E-state index in [1.807, 2.05) is 0 Å². The van der Waals surface area contributed by atoms with Crippen molar-refractivity contribution in [3.05, 3.63) is 74.5 Å². The summed E-state index contributed by atoms with van der Waals surface area (Å²) >= 11 is 31.0. The van der Waals surface area contributed by atoms with Gasteiger partial charge in [0.25, 0.3) is 5.91 Å². The third-order valence-electron chi connectivity index (χ3n) is 5.31. The van der Waals surface area contributed by atoms with Gasteiger partial charge >= 0.3 is 0 Å². The Morgan fingerprint density at radius 3 is 2.29 bits per heavy atom. The number of amides is 3. The molecule has 4 rings (SSSR count). The van der Waals surface area contributed by atoms with Crippen molar-refractivity contribution in [2.45, 2.75) is 16.7 Å². The molecule has 0 radical (unpaired) electrons. The van der Waals surface area contributed by atoms with Crippen LogP contribution in [0.25, 0.3) is 0 Å². The van der Waals surface area contributed by atoms with Crippen LogP contribution in [0.2, 0.25) is 15.1 Å². The Balaban J connectivity index is 1.50. The van der Waals surface area contributed by atoms with E-state index < -0.39 is 39.7 Å². The van der Waals surface area contributed by atoms with Gasteiger partial charge in [-0.05, 0) is 42.0 Å². The van der Waals surface area contributed by atoms with Gasteiger partial charge in [0.15, 0.2) is 5.78 Å². The molecule has 2 aromatic rings. The van der Waals surface area contributed by atoms with Crippen molar-refractivity contribution in [3.8, 4) is 0 Å². The van der Waals surface area contributed by atoms with Gasteiger partial charge in [-0.25, -0.2) is 0 Å². The quantitative estimate of drug-likeness (QED) is 0.359. The lowest BCUT2D eigenvalue weighted by atomic mass is 10.1. The molecule has 3 amide bonds. The minimum Gasteiger partial charge on any atom is -0.330 e. The van der Waals surface area contributed by atoms with Gasteiger partial charge in [0.2, 0.25) is 11.8 Å². The predicted molar refractivity (Wildman–Crippen MR) is 131 cm³/mol. The highest BCUT2D eigenvalue weighted by molar-refractivity contribution is 6.53. The monoisotopic (exact) mass is 559 g/mol. The van der Waals surface area contributed by atoms with Crippen LogP contribution in [0.1, 0.15) is 28.3 Å². The summed E-state index contributed by atoms with van der Waals surface area (Å²) in [4.78, 5) is 48.8. The summed E-state index contributed by atoms with van der Waals surface area (Å²) in [6, 6.07) is 9.10. The molecule has 1 saturated carbocycles. The SMILES string of the molecule is O=C1CC(=O)C(NC(=O)c2cc(NC(=O)[C@H]3[C@H](c4cc(Cl)cc(Cl)c4)C3(Cl)Cl)ccc2Cl)=CN1. The van der Waals surface area contributed by atoms with Gasteiger partial charge in [0, 0.05) is 27.9 Å². The van der Waals surface area contributed by atoms with Crippen molar-refractivity contribution in [1.82, 2.24) is 10.6 Å². The van der Waals surface area contributed by atoms with Crippen molar-refractivity contribution in [1.29, 1.82) is 0 Å². The topological polar surface area (TPSA) is 104 Å². The zero-order chi connectivity index (χ0) is 24.8. The highest BCUT2D eigenvalue weighted by Crippen LogP contribution is 2.65. The summed E-state index contributed by atoms with van der Waals surface area (Å²) in [6.07, 6.45) is 0.733. The lowest BCUT2D eigenvalue weighted by molar-refractivity contribution is -0.127. The van der Waals surface area contributed by atoms with E-state index >= 15 is 0 Å². The van der Waals surface area contributed by atoms with E-state index in [9.17, 15) is 19.2 Å². The normalized spacial score (nSPS) is 20.8. The molecule has 1 heterocycles. The summed E-state index contributed by atoms with van der Waals surface area (Å²) in [7, 11) is 0. The van der Waals surface area contributed by atoms with Gasteiger partial charge < -0.3 is 16.0 Å². The fraction of sp³-hybridized carbons (Fsp3) is 0.182. The summed E-state index contributed by atoms with van der Waals surface area (Å²) in [5, 5.41) is 8.30. The predicted octanol–water partition coefficient (Wildman–Crippen LogP) is 4.83. The molecule has 0 bridgehead atoms. The number of hydrogen-bond donors (Lipinski definition) is 3.